The lowest BCUT2D eigenvalue weighted by atomic mass is 10.2. The number of aromatic nitrogens is 1. The van der Waals surface area contributed by atoms with Crippen molar-refractivity contribution in [3.8, 4) is 11.5 Å². The molecule has 2 rings (SSSR count). The van der Waals surface area contributed by atoms with E-state index < -0.39 is 0 Å². The minimum absolute atomic E-state index is 0.691. The zero-order valence-electron chi connectivity index (χ0n) is 10.8. The van der Waals surface area contributed by atoms with E-state index in [0.717, 1.165) is 30.8 Å². The van der Waals surface area contributed by atoms with Gasteiger partial charge in [-0.25, -0.2) is 4.98 Å². The predicted molar refractivity (Wildman–Crippen MR) is 75.7 cm³/mol. The molecule has 96 valence electrons. The maximum Gasteiger partial charge on any atom is 0.226 e. The molecule has 0 saturated heterocycles. The number of benzene rings is 1. The summed E-state index contributed by atoms with van der Waals surface area (Å²) in [5.74, 6) is 0.691. The molecular formula is C14H18N2OS. The molecule has 1 aromatic heterocycles. The van der Waals surface area contributed by atoms with Gasteiger partial charge < -0.3 is 9.73 Å². The summed E-state index contributed by atoms with van der Waals surface area (Å²) in [6.07, 6.45) is 4.92. The third kappa shape index (κ3) is 3.37. The van der Waals surface area contributed by atoms with Crippen molar-refractivity contribution in [1.82, 2.24) is 10.3 Å². The monoisotopic (exact) mass is 262 g/mol. The molecule has 0 radical (unpaired) electrons. The van der Waals surface area contributed by atoms with Gasteiger partial charge in [0.15, 0.2) is 0 Å². The Labute approximate surface area is 112 Å². The Bertz CT molecular complexity index is 479. The van der Waals surface area contributed by atoms with Crippen molar-refractivity contribution < 1.29 is 4.42 Å². The van der Waals surface area contributed by atoms with Crippen LogP contribution in [0.25, 0.3) is 11.5 Å². The van der Waals surface area contributed by atoms with Gasteiger partial charge in [-0.1, -0.05) is 6.92 Å². The summed E-state index contributed by atoms with van der Waals surface area (Å²) in [6.45, 7) is 3.92. The molecule has 1 N–H and O–H groups in total. The van der Waals surface area contributed by atoms with E-state index in [2.05, 4.69) is 35.6 Å². The van der Waals surface area contributed by atoms with E-state index in [1.165, 1.54) is 4.90 Å². The average molecular weight is 262 g/mol. The Balaban J connectivity index is 2.04. The van der Waals surface area contributed by atoms with Crippen LogP contribution in [0.5, 0.6) is 0 Å². The standard InChI is InChI=1S/C14H18N2OS/c1-3-8-15-9-12-10-17-14(16-12)11-4-6-13(18-2)7-5-11/h4-7,10,15H,3,8-9H2,1-2H3. The minimum Gasteiger partial charge on any atom is -0.444 e. The van der Waals surface area contributed by atoms with E-state index in [0.29, 0.717) is 5.89 Å². The molecule has 0 atom stereocenters. The third-order valence-corrected chi connectivity index (χ3v) is 3.37. The average Bonchev–Trinajstić information content (AvgIpc) is 2.88. The van der Waals surface area contributed by atoms with Crippen LogP contribution in [0, 0.1) is 0 Å². The second-order valence-corrected chi connectivity index (χ2v) is 4.93. The number of hydrogen-bond acceptors (Lipinski definition) is 4. The largest absolute Gasteiger partial charge is 0.444 e. The normalized spacial score (nSPS) is 10.8. The number of nitrogens with zero attached hydrogens (tertiary/aromatic N) is 1. The fourth-order valence-electron chi connectivity index (χ4n) is 1.65. The van der Waals surface area contributed by atoms with Gasteiger partial charge in [-0.05, 0) is 43.5 Å². The second kappa shape index (κ2) is 6.61. The van der Waals surface area contributed by atoms with Gasteiger partial charge in [0.1, 0.15) is 6.26 Å². The van der Waals surface area contributed by atoms with E-state index in [4.69, 9.17) is 4.42 Å². The van der Waals surface area contributed by atoms with E-state index in [1.807, 2.05) is 12.1 Å². The van der Waals surface area contributed by atoms with Crippen molar-refractivity contribution in [3.63, 3.8) is 0 Å². The molecule has 4 heteroatoms. The maximum absolute atomic E-state index is 5.50. The number of oxazole rings is 1. The highest BCUT2D eigenvalue weighted by molar-refractivity contribution is 7.98. The van der Waals surface area contributed by atoms with E-state index in [-0.39, 0.29) is 0 Å². The molecule has 0 aliphatic carbocycles. The Morgan fingerprint density at radius 1 is 1.28 bits per heavy atom. The molecule has 18 heavy (non-hydrogen) atoms. The molecule has 2 aromatic rings. The molecule has 0 amide bonds. The fourth-order valence-corrected chi connectivity index (χ4v) is 2.06. The molecule has 0 saturated carbocycles. The van der Waals surface area contributed by atoms with Gasteiger partial charge >= 0.3 is 0 Å². The SMILES string of the molecule is CCCNCc1coc(-c2ccc(SC)cc2)n1. The second-order valence-electron chi connectivity index (χ2n) is 4.05. The highest BCUT2D eigenvalue weighted by atomic mass is 32.2. The topological polar surface area (TPSA) is 38.1 Å². The van der Waals surface area contributed by atoms with Crippen molar-refractivity contribution >= 4 is 11.8 Å². The molecule has 3 nitrogen and oxygen atoms in total. The Morgan fingerprint density at radius 2 is 2.06 bits per heavy atom. The van der Waals surface area contributed by atoms with Gasteiger partial charge in [-0.2, -0.15) is 0 Å². The van der Waals surface area contributed by atoms with Crippen LogP contribution in [0.4, 0.5) is 0 Å². The van der Waals surface area contributed by atoms with Crippen molar-refractivity contribution in [1.29, 1.82) is 0 Å². The van der Waals surface area contributed by atoms with E-state index >= 15 is 0 Å². The smallest absolute Gasteiger partial charge is 0.226 e. The van der Waals surface area contributed by atoms with Crippen LogP contribution in [-0.4, -0.2) is 17.8 Å². The molecule has 0 aliphatic heterocycles. The molecule has 1 aromatic carbocycles. The summed E-state index contributed by atoms with van der Waals surface area (Å²) in [6, 6.07) is 8.25. The van der Waals surface area contributed by atoms with Crippen LogP contribution in [0.3, 0.4) is 0 Å². The first-order chi connectivity index (χ1) is 8.83. The van der Waals surface area contributed by atoms with Crippen molar-refractivity contribution in [3.05, 3.63) is 36.2 Å². The van der Waals surface area contributed by atoms with Gasteiger partial charge in [-0.15, -0.1) is 11.8 Å². The zero-order valence-corrected chi connectivity index (χ0v) is 11.6. The number of rotatable bonds is 6. The highest BCUT2D eigenvalue weighted by Crippen LogP contribution is 2.22. The van der Waals surface area contributed by atoms with Crippen molar-refractivity contribution in [2.24, 2.45) is 0 Å². The first-order valence-corrected chi connectivity index (χ1v) is 7.35. The Kier molecular flexibility index (Phi) is 4.84. The number of thioether (sulfide) groups is 1. The van der Waals surface area contributed by atoms with Crippen molar-refractivity contribution in [2.75, 3.05) is 12.8 Å². The lowest BCUT2D eigenvalue weighted by molar-refractivity contribution is 0.570. The highest BCUT2D eigenvalue weighted by Gasteiger charge is 2.06. The molecule has 0 bridgehead atoms. The molecule has 0 spiro atoms. The number of nitrogens with one attached hydrogen (secondary N) is 1. The molecule has 1 heterocycles. The first-order valence-electron chi connectivity index (χ1n) is 6.13. The number of hydrogen-bond donors (Lipinski definition) is 1. The lowest BCUT2D eigenvalue weighted by Crippen LogP contribution is -2.13. The van der Waals surface area contributed by atoms with Crippen LogP contribution in [0.1, 0.15) is 19.0 Å². The fraction of sp³-hybridized carbons (Fsp3) is 0.357. The van der Waals surface area contributed by atoms with Crippen LogP contribution in [-0.2, 0) is 6.54 Å². The molecule has 0 fully saturated rings. The lowest BCUT2D eigenvalue weighted by Gasteiger charge is -1.98. The van der Waals surface area contributed by atoms with Gasteiger partial charge in [0, 0.05) is 17.0 Å². The minimum atomic E-state index is 0.691. The molecule has 0 aliphatic rings. The predicted octanol–water partition coefficient (Wildman–Crippen LogP) is 3.56. The summed E-state index contributed by atoms with van der Waals surface area (Å²) in [5.41, 5.74) is 1.97. The summed E-state index contributed by atoms with van der Waals surface area (Å²) in [5, 5.41) is 3.31. The van der Waals surface area contributed by atoms with E-state index in [9.17, 15) is 0 Å². The maximum atomic E-state index is 5.50. The Hall–Kier alpha value is -1.26. The van der Waals surface area contributed by atoms with Gasteiger partial charge in [0.05, 0.1) is 5.69 Å². The molecular weight excluding hydrogens is 244 g/mol. The first kappa shape index (κ1) is 13.2. The third-order valence-electron chi connectivity index (χ3n) is 2.62. The van der Waals surface area contributed by atoms with Crippen molar-refractivity contribution in [2.45, 2.75) is 24.8 Å². The van der Waals surface area contributed by atoms with E-state index in [1.54, 1.807) is 18.0 Å². The van der Waals surface area contributed by atoms with Crippen LogP contribution in [0.2, 0.25) is 0 Å². The summed E-state index contributed by atoms with van der Waals surface area (Å²) in [4.78, 5) is 5.72. The van der Waals surface area contributed by atoms with Crippen LogP contribution >= 0.6 is 11.8 Å². The summed E-state index contributed by atoms with van der Waals surface area (Å²) < 4.78 is 5.50. The summed E-state index contributed by atoms with van der Waals surface area (Å²) >= 11 is 1.73. The summed E-state index contributed by atoms with van der Waals surface area (Å²) in [7, 11) is 0. The van der Waals surface area contributed by atoms with Crippen LogP contribution < -0.4 is 5.32 Å². The van der Waals surface area contributed by atoms with Crippen LogP contribution in [0.15, 0.2) is 39.8 Å². The van der Waals surface area contributed by atoms with Gasteiger partial charge in [0.2, 0.25) is 5.89 Å². The molecule has 0 unspecified atom stereocenters. The van der Waals surface area contributed by atoms with Gasteiger partial charge in [-0.3, -0.25) is 0 Å². The van der Waals surface area contributed by atoms with Gasteiger partial charge in [0.25, 0.3) is 0 Å². The quantitative estimate of drug-likeness (QED) is 0.638. The zero-order chi connectivity index (χ0) is 12.8. The Morgan fingerprint density at radius 3 is 2.72 bits per heavy atom.